The van der Waals surface area contributed by atoms with Gasteiger partial charge in [0.1, 0.15) is 5.02 Å². The maximum absolute atomic E-state index is 5.96. The summed E-state index contributed by atoms with van der Waals surface area (Å²) in [5, 5.41) is 5.62. The molecule has 0 unspecified atom stereocenters. The van der Waals surface area contributed by atoms with Crippen LogP contribution in [-0.2, 0) is 6.42 Å². The van der Waals surface area contributed by atoms with Crippen molar-refractivity contribution >= 4 is 28.8 Å². The van der Waals surface area contributed by atoms with Crippen molar-refractivity contribution in [1.82, 2.24) is 15.0 Å². The number of nitrogens with one attached hydrogen (secondary N) is 1. The fourth-order valence-electron chi connectivity index (χ4n) is 1.24. The second-order valence-electron chi connectivity index (χ2n) is 3.21. The number of hydrogen-bond donors (Lipinski definition) is 1. The van der Waals surface area contributed by atoms with Crippen molar-refractivity contribution in [3.63, 3.8) is 0 Å². The minimum Gasteiger partial charge on any atom is -0.467 e. The van der Waals surface area contributed by atoms with E-state index in [2.05, 4.69) is 20.3 Å². The third-order valence-corrected chi connectivity index (χ3v) is 2.97. The molecule has 0 spiro atoms. The molecule has 7 heteroatoms. The van der Waals surface area contributed by atoms with Gasteiger partial charge in [0.05, 0.1) is 24.5 Å². The van der Waals surface area contributed by atoms with Gasteiger partial charge in [-0.3, -0.25) is 0 Å². The SMILES string of the molecule is COc1ncc(Cl)c(NCCc2cscn2)n1. The van der Waals surface area contributed by atoms with Crippen molar-refractivity contribution in [2.45, 2.75) is 6.42 Å². The molecule has 0 aliphatic rings. The second-order valence-corrected chi connectivity index (χ2v) is 4.34. The summed E-state index contributed by atoms with van der Waals surface area (Å²) < 4.78 is 4.93. The topological polar surface area (TPSA) is 59.9 Å². The summed E-state index contributed by atoms with van der Waals surface area (Å²) in [4.78, 5) is 12.2. The Kier molecular flexibility index (Phi) is 4.11. The van der Waals surface area contributed by atoms with E-state index in [4.69, 9.17) is 16.3 Å². The van der Waals surface area contributed by atoms with E-state index in [1.54, 1.807) is 11.3 Å². The van der Waals surface area contributed by atoms with Gasteiger partial charge < -0.3 is 10.1 Å². The maximum atomic E-state index is 5.96. The molecule has 2 rings (SSSR count). The first-order valence-electron chi connectivity index (χ1n) is 4.97. The molecule has 0 aliphatic heterocycles. The third kappa shape index (κ3) is 3.28. The molecule has 2 aromatic rings. The van der Waals surface area contributed by atoms with E-state index in [-0.39, 0.29) is 0 Å². The van der Waals surface area contributed by atoms with Crippen LogP contribution in [0.25, 0.3) is 0 Å². The molecular weight excluding hydrogens is 260 g/mol. The van der Waals surface area contributed by atoms with E-state index in [1.165, 1.54) is 13.3 Å². The van der Waals surface area contributed by atoms with Gasteiger partial charge >= 0.3 is 6.01 Å². The Labute approximate surface area is 108 Å². The quantitative estimate of drug-likeness (QED) is 0.903. The fourth-order valence-corrected chi connectivity index (χ4v) is 1.99. The van der Waals surface area contributed by atoms with Crippen LogP contribution in [0, 0.1) is 0 Å². The zero-order chi connectivity index (χ0) is 12.1. The first kappa shape index (κ1) is 12.1. The highest BCUT2D eigenvalue weighted by atomic mass is 35.5. The molecule has 0 aromatic carbocycles. The number of nitrogens with zero attached hydrogens (tertiary/aromatic N) is 3. The number of anilines is 1. The molecule has 0 saturated carbocycles. The van der Waals surface area contributed by atoms with E-state index in [9.17, 15) is 0 Å². The number of hydrogen-bond acceptors (Lipinski definition) is 6. The number of thiazole rings is 1. The minimum absolute atomic E-state index is 0.297. The van der Waals surface area contributed by atoms with Gasteiger partial charge in [-0.05, 0) is 0 Å². The molecule has 2 aromatic heterocycles. The highest BCUT2D eigenvalue weighted by Crippen LogP contribution is 2.19. The number of methoxy groups -OCH3 is 1. The van der Waals surface area contributed by atoms with Gasteiger partial charge in [0.2, 0.25) is 0 Å². The largest absolute Gasteiger partial charge is 0.467 e. The van der Waals surface area contributed by atoms with Crippen molar-refractivity contribution in [2.24, 2.45) is 0 Å². The van der Waals surface area contributed by atoms with E-state index >= 15 is 0 Å². The molecule has 0 saturated heterocycles. The zero-order valence-electron chi connectivity index (χ0n) is 9.18. The molecule has 0 amide bonds. The highest BCUT2D eigenvalue weighted by molar-refractivity contribution is 7.07. The normalized spacial score (nSPS) is 10.2. The fraction of sp³-hybridized carbons (Fsp3) is 0.300. The summed E-state index contributed by atoms with van der Waals surface area (Å²) in [6.45, 7) is 0.712. The zero-order valence-corrected chi connectivity index (χ0v) is 10.8. The van der Waals surface area contributed by atoms with E-state index < -0.39 is 0 Å². The molecule has 0 atom stereocenters. The Hall–Kier alpha value is -1.40. The average Bonchev–Trinajstić information content (AvgIpc) is 2.84. The van der Waals surface area contributed by atoms with Gasteiger partial charge in [-0.2, -0.15) is 4.98 Å². The summed E-state index contributed by atoms with van der Waals surface area (Å²) in [6, 6.07) is 0.297. The van der Waals surface area contributed by atoms with E-state index in [0.717, 1.165) is 12.1 Å². The molecule has 2 heterocycles. The molecule has 0 aliphatic carbocycles. The third-order valence-electron chi connectivity index (χ3n) is 2.06. The van der Waals surface area contributed by atoms with Crippen LogP contribution in [0.2, 0.25) is 5.02 Å². The summed E-state index contributed by atoms with van der Waals surface area (Å²) in [6.07, 6.45) is 2.34. The molecule has 17 heavy (non-hydrogen) atoms. The van der Waals surface area contributed by atoms with Gasteiger partial charge in [0.25, 0.3) is 0 Å². The number of rotatable bonds is 5. The van der Waals surface area contributed by atoms with Crippen molar-refractivity contribution in [3.05, 3.63) is 27.8 Å². The van der Waals surface area contributed by atoms with Crippen LogP contribution in [-0.4, -0.2) is 28.6 Å². The lowest BCUT2D eigenvalue weighted by Crippen LogP contribution is -2.08. The summed E-state index contributed by atoms with van der Waals surface area (Å²) in [5.41, 5.74) is 2.87. The average molecular weight is 271 g/mol. The summed E-state index contributed by atoms with van der Waals surface area (Å²) in [7, 11) is 1.52. The van der Waals surface area contributed by atoms with Gasteiger partial charge in [-0.1, -0.05) is 11.6 Å². The number of halogens is 1. The Morgan fingerprint density at radius 3 is 3.06 bits per heavy atom. The summed E-state index contributed by atoms with van der Waals surface area (Å²) in [5.74, 6) is 0.578. The predicted octanol–water partition coefficient (Wildman–Crippen LogP) is 2.25. The van der Waals surface area contributed by atoms with Crippen LogP contribution in [0.3, 0.4) is 0 Å². The van der Waals surface area contributed by atoms with Crippen LogP contribution < -0.4 is 10.1 Å². The van der Waals surface area contributed by atoms with E-state index in [1.807, 2.05) is 10.9 Å². The lowest BCUT2D eigenvalue weighted by Gasteiger charge is -2.07. The van der Waals surface area contributed by atoms with Crippen molar-refractivity contribution in [1.29, 1.82) is 0 Å². The first-order chi connectivity index (χ1) is 8.29. The summed E-state index contributed by atoms with van der Waals surface area (Å²) >= 11 is 7.54. The smallest absolute Gasteiger partial charge is 0.318 e. The van der Waals surface area contributed by atoms with Gasteiger partial charge in [0.15, 0.2) is 5.82 Å². The molecule has 0 radical (unpaired) electrons. The molecule has 5 nitrogen and oxygen atoms in total. The van der Waals surface area contributed by atoms with Gasteiger partial charge in [-0.15, -0.1) is 11.3 Å². The lowest BCUT2D eigenvalue weighted by atomic mass is 10.3. The Morgan fingerprint density at radius 2 is 2.35 bits per heavy atom. The van der Waals surface area contributed by atoms with Crippen molar-refractivity contribution in [2.75, 3.05) is 19.0 Å². The minimum atomic E-state index is 0.297. The first-order valence-corrected chi connectivity index (χ1v) is 6.29. The standard InChI is InChI=1S/C10H11ClN4OS/c1-16-10-13-4-8(11)9(15-10)12-3-2-7-5-17-6-14-7/h4-6H,2-3H2,1H3,(H,12,13,15). The predicted molar refractivity (Wildman–Crippen MR) is 67.9 cm³/mol. The van der Waals surface area contributed by atoms with Crippen LogP contribution in [0.15, 0.2) is 17.1 Å². The molecule has 1 N–H and O–H groups in total. The van der Waals surface area contributed by atoms with Crippen LogP contribution in [0.4, 0.5) is 5.82 Å². The second kappa shape index (κ2) is 5.79. The Morgan fingerprint density at radius 1 is 1.47 bits per heavy atom. The Balaban J connectivity index is 1.94. The maximum Gasteiger partial charge on any atom is 0.318 e. The molecular formula is C10H11ClN4OS. The molecule has 0 fully saturated rings. The van der Waals surface area contributed by atoms with Crippen molar-refractivity contribution in [3.8, 4) is 6.01 Å². The molecule has 0 bridgehead atoms. The Bertz CT molecular complexity index is 477. The van der Waals surface area contributed by atoms with Crippen LogP contribution in [0.5, 0.6) is 6.01 Å². The van der Waals surface area contributed by atoms with E-state index in [0.29, 0.717) is 23.4 Å². The highest BCUT2D eigenvalue weighted by Gasteiger charge is 2.05. The monoisotopic (exact) mass is 270 g/mol. The molecule has 90 valence electrons. The number of ether oxygens (including phenoxy) is 1. The lowest BCUT2D eigenvalue weighted by molar-refractivity contribution is 0.380. The van der Waals surface area contributed by atoms with Crippen LogP contribution >= 0.6 is 22.9 Å². The van der Waals surface area contributed by atoms with Gasteiger partial charge in [0, 0.05) is 18.3 Å². The number of aromatic nitrogens is 3. The van der Waals surface area contributed by atoms with Gasteiger partial charge in [-0.25, -0.2) is 9.97 Å². The van der Waals surface area contributed by atoms with Crippen molar-refractivity contribution < 1.29 is 4.74 Å². The van der Waals surface area contributed by atoms with Crippen LogP contribution in [0.1, 0.15) is 5.69 Å².